The van der Waals surface area contributed by atoms with Crippen molar-refractivity contribution >= 4 is 22.5 Å². The van der Waals surface area contributed by atoms with E-state index in [1.54, 1.807) is 25.1 Å². The average Bonchev–Trinajstić information content (AvgIpc) is 2.53. The van der Waals surface area contributed by atoms with E-state index in [0.717, 1.165) is 23.1 Å². The molecule has 0 atom stereocenters. The third-order valence-electron chi connectivity index (χ3n) is 3.76. The van der Waals surface area contributed by atoms with Gasteiger partial charge < -0.3 is 10.3 Å². The number of pyridine rings is 1. The van der Waals surface area contributed by atoms with Gasteiger partial charge in [0.05, 0.1) is 11.1 Å². The third-order valence-corrected chi connectivity index (χ3v) is 3.76. The Morgan fingerprint density at radius 1 is 1.08 bits per heavy atom. The minimum atomic E-state index is -4.52. The molecule has 3 rings (SSSR count). The van der Waals surface area contributed by atoms with Gasteiger partial charge in [0.2, 0.25) is 5.56 Å². The summed E-state index contributed by atoms with van der Waals surface area (Å²) in [6.07, 6.45) is -4.52. The maximum atomic E-state index is 12.7. The van der Waals surface area contributed by atoms with Crippen LogP contribution in [0.3, 0.4) is 0 Å². The van der Waals surface area contributed by atoms with Crippen molar-refractivity contribution in [1.29, 1.82) is 0 Å². The van der Waals surface area contributed by atoms with Crippen molar-refractivity contribution in [2.45, 2.75) is 13.1 Å². The zero-order valence-corrected chi connectivity index (χ0v) is 13.1. The molecule has 0 aliphatic carbocycles. The smallest absolute Gasteiger partial charge is 0.322 e. The van der Waals surface area contributed by atoms with Crippen molar-refractivity contribution in [3.8, 4) is 0 Å². The Hall–Kier alpha value is -3.09. The highest BCUT2D eigenvalue weighted by Gasteiger charge is 2.30. The number of aromatic amines is 1. The summed E-state index contributed by atoms with van der Waals surface area (Å²) in [6.45, 7) is 1.79. The number of carbonyl (C=O) groups is 1. The molecule has 0 radical (unpaired) electrons. The van der Waals surface area contributed by atoms with Gasteiger partial charge in [0, 0.05) is 22.7 Å². The fraction of sp³-hybridized carbons (Fsp3) is 0.111. The quantitative estimate of drug-likeness (QED) is 0.734. The monoisotopic (exact) mass is 346 g/mol. The second-order valence-corrected chi connectivity index (χ2v) is 5.61. The molecule has 1 aromatic heterocycles. The summed E-state index contributed by atoms with van der Waals surface area (Å²) in [4.78, 5) is 26.4. The second-order valence-electron chi connectivity index (χ2n) is 5.61. The topological polar surface area (TPSA) is 62.0 Å². The van der Waals surface area contributed by atoms with Crippen molar-refractivity contribution in [2.24, 2.45) is 0 Å². The third kappa shape index (κ3) is 3.55. The van der Waals surface area contributed by atoms with Crippen LogP contribution >= 0.6 is 0 Å². The van der Waals surface area contributed by atoms with Crippen LogP contribution in [0.1, 0.15) is 21.5 Å². The lowest BCUT2D eigenvalue weighted by atomic mass is 10.1. The van der Waals surface area contributed by atoms with Crippen molar-refractivity contribution in [2.75, 3.05) is 5.32 Å². The number of fused-ring (bicyclic) bond motifs is 1. The molecule has 7 heteroatoms. The van der Waals surface area contributed by atoms with Crippen LogP contribution in [0.5, 0.6) is 0 Å². The van der Waals surface area contributed by atoms with Crippen LogP contribution in [0.4, 0.5) is 18.9 Å². The SMILES string of the molecule is Cc1cc(=O)[nH]c2cc(NC(=O)c3cccc(C(F)(F)F)c3)ccc12. The summed E-state index contributed by atoms with van der Waals surface area (Å²) in [6, 6.07) is 10.6. The lowest BCUT2D eigenvalue weighted by molar-refractivity contribution is -0.137. The Kier molecular flexibility index (Phi) is 4.08. The van der Waals surface area contributed by atoms with Crippen molar-refractivity contribution in [3.05, 3.63) is 75.6 Å². The summed E-state index contributed by atoms with van der Waals surface area (Å²) in [7, 11) is 0. The van der Waals surface area contributed by atoms with E-state index in [-0.39, 0.29) is 11.1 Å². The highest BCUT2D eigenvalue weighted by atomic mass is 19.4. The van der Waals surface area contributed by atoms with Crippen molar-refractivity contribution in [3.63, 3.8) is 0 Å². The van der Waals surface area contributed by atoms with Gasteiger partial charge in [-0.3, -0.25) is 9.59 Å². The number of aromatic nitrogens is 1. The molecule has 128 valence electrons. The molecule has 0 aliphatic heterocycles. The average molecular weight is 346 g/mol. The van der Waals surface area contributed by atoms with Gasteiger partial charge in [0.25, 0.3) is 5.91 Å². The number of halogens is 3. The molecule has 0 aliphatic rings. The Balaban J connectivity index is 1.91. The van der Waals surface area contributed by atoms with E-state index in [1.165, 1.54) is 18.2 Å². The predicted molar refractivity (Wildman–Crippen MR) is 88.7 cm³/mol. The molecule has 25 heavy (non-hydrogen) atoms. The minimum absolute atomic E-state index is 0.104. The normalized spacial score (nSPS) is 11.5. The Bertz CT molecular complexity index is 1020. The van der Waals surface area contributed by atoms with E-state index < -0.39 is 17.6 Å². The first-order valence-electron chi connectivity index (χ1n) is 7.36. The number of rotatable bonds is 2. The molecule has 0 fully saturated rings. The Morgan fingerprint density at radius 3 is 2.56 bits per heavy atom. The van der Waals surface area contributed by atoms with Crippen LogP contribution in [-0.4, -0.2) is 10.9 Å². The van der Waals surface area contributed by atoms with Gasteiger partial charge in [0.15, 0.2) is 0 Å². The van der Waals surface area contributed by atoms with Gasteiger partial charge in [0.1, 0.15) is 0 Å². The molecule has 0 spiro atoms. The van der Waals surface area contributed by atoms with Crippen LogP contribution in [0.2, 0.25) is 0 Å². The lowest BCUT2D eigenvalue weighted by Gasteiger charge is -2.10. The fourth-order valence-corrected chi connectivity index (χ4v) is 2.55. The number of hydrogen-bond donors (Lipinski definition) is 2. The number of anilines is 1. The molecule has 0 saturated carbocycles. The first-order chi connectivity index (χ1) is 11.7. The zero-order valence-electron chi connectivity index (χ0n) is 13.1. The second kappa shape index (κ2) is 6.08. The number of H-pyrrole nitrogens is 1. The molecule has 0 bridgehead atoms. The van der Waals surface area contributed by atoms with Gasteiger partial charge in [-0.25, -0.2) is 0 Å². The van der Waals surface area contributed by atoms with E-state index in [4.69, 9.17) is 0 Å². The lowest BCUT2D eigenvalue weighted by Crippen LogP contribution is -2.14. The van der Waals surface area contributed by atoms with Crippen LogP contribution in [0.25, 0.3) is 10.9 Å². The van der Waals surface area contributed by atoms with Gasteiger partial charge in [-0.05, 0) is 42.8 Å². The Labute approximate surface area is 140 Å². The van der Waals surface area contributed by atoms with Crippen molar-refractivity contribution < 1.29 is 18.0 Å². The number of carbonyl (C=O) groups excluding carboxylic acids is 1. The summed E-state index contributed by atoms with van der Waals surface area (Å²) in [5.74, 6) is -0.666. The molecule has 4 nitrogen and oxygen atoms in total. The van der Waals surface area contributed by atoms with E-state index in [9.17, 15) is 22.8 Å². The first kappa shape index (κ1) is 16.8. The number of aryl methyl sites for hydroxylation is 1. The number of amides is 1. The highest BCUT2D eigenvalue weighted by molar-refractivity contribution is 6.05. The zero-order chi connectivity index (χ0) is 18.2. The first-order valence-corrected chi connectivity index (χ1v) is 7.36. The van der Waals surface area contributed by atoms with Crippen LogP contribution < -0.4 is 10.9 Å². The van der Waals surface area contributed by atoms with Gasteiger partial charge in [-0.1, -0.05) is 12.1 Å². The molecule has 3 aromatic rings. The van der Waals surface area contributed by atoms with Gasteiger partial charge in [-0.15, -0.1) is 0 Å². The maximum absolute atomic E-state index is 12.7. The summed E-state index contributed by atoms with van der Waals surface area (Å²) in [5.41, 5.74) is 0.426. The highest BCUT2D eigenvalue weighted by Crippen LogP contribution is 2.29. The van der Waals surface area contributed by atoms with E-state index >= 15 is 0 Å². The molecule has 1 amide bonds. The number of hydrogen-bond acceptors (Lipinski definition) is 2. The van der Waals surface area contributed by atoms with E-state index in [2.05, 4.69) is 10.3 Å². The molecule has 0 saturated heterocycles. The molecule has 0 unspecified atom stereocenters. The molecular weight excluding hydrogens is 333 g/mol. The van der Waals surface area contributed by atoms with Crippen molar-refractivity contribution in [1.82, 2.24) is 4.98 Å². The largest absolute Gasteiger partial charge is 0.416 e. The fourth-order valence-electron chi connectivity index (χ4n) is 2.55. The van der Waals surface area contributed by atoms with E-state index in [1.807, 2.05) is 0 Å². The summed E-state index contributed by atoms with van der Waals surface area (Å²) in [5, 5.41) is 3.36. The molecule has 2 N–H and O–H groups in total. The molecular formula is C18H13F3N2O2. The molecule has 1 heterocycles. The van der Waals surface area contributed by atoms with E-state index in [0.29, 0.717) is 11.2 Å². The number of benzene rings is 2. The molecule has 2 aromatic carbocycles. The number of alkyl halides is 3. The van der Waals surface area contributed by atoms with Gasteiger partial charge >= 0.3 is 6.18 Å². The summed E-state index contributed by atoms with van der Waals surface area (Å²) < 4.78 is 38.2. The van der Waals surface area contributed by atoms with Crippen LogP contribution in [-0.2, 0) is 6.18 Å². The maximum Gasteiger partial charge on any atom is 0.416 e. The number of nitrogens with one attached hydrogen (secondary N) is 2. The van der Waals surface area contributed by atoms with Crippen LogP contribution in [0.15, 0.2) is 53.3 Å². The Morgan fingerprint density at radius 2 is 1.84 bits per heavy atom. The standard InChI is InChI=1S/C18H13F3N2O2/c1-10-7-16(24)23-15-9-13(5-6-14(10)15)22-17(25)11-3-2-4-12(8-11)18(19,20)21/h2-9H,1H3,(H,22,25)(H,23,24). The summed E-state index contributed by atoms with van der Waals surface area (Å²) >= 11 is 0. The van der Waals surface area contributed by atoms with Crippen LogP contribution in [0, 0.1) is 6.92 Å². The van der Waals surface area contributed by atoms with Gasteiger partial charge in [-0.2, -0.15) is 13.2 Å². The predicted octanol–water partition coefficient (Wildman–Crippen LogP) is 4.11. The minimum Gasteiger partial charge on any atom is -0.322 e.